The number of H-pyrrole nitrogens is 1. The first-order valence-electron chi connectivity index (χ1n) is 5.33. The van der Waals surface area contributed by atoms with E-state index in [1.165, 1.54) is 0 Å². The lowest BCUT2D eigenvalue weighted by Gasteiger charge is -2.04. The first kappa shape index (κ1) is 12.8. The van der Waals surface area contributed by atoms with Crippen LogP contribution < -0.4 is 4.72 Å². The molecule has 0 atom stereocenters. The maximum atomic E-state index is 12.1. The van der Waals surface area contributed by atoms with E-state index in [1.54, 1.807) is 26.8 Å². The van der Waals surface area contributed by atoms with Crippen molar-refractivity contribution in [3.8, 4) is 0 Å². The quantitative estimate of drug-likeness (QED) is 0.855. The second kappa shape index (κ2) is 4.54. The van der Waals surface area contributed by atoms with E-state index in [4.69, 9.17) is 4.52 Å². The molecule has 0 bridgehead atoms. The SMILES string of the molecule is Cc1cc(CNS(=O)(=O)c2c(C)n[nH]c2C)no1. The van der Waals surface area contributed by atoms with Gasteiger partial charge < -0.3 is 4.52 Å². The molecule has 18 heavy (non-hydrogen) atoms. The van der Waals surface area contributed by atoms with Crippen LogP contribution in [0.2, 0.25) is 0 Å². The first-order chi connectivity index (χ1) is 8.40. The van der Waals surface area contributed by atoms with Crippen LogP contribution >= 0.6 is 0 Å². The van der Waals surface area contributed by atoms with Crippen LogP contribution in [-0.4, -0.2) is 23.8 Å². The Morgan fingerprint density at radius 1 is 1.39 bits per heavy atom. The molecule has 7 nitrogen and oxygen atoms in total. The third-order valence-corrected chi connectivity index (χ3v) is 4.11. The van der Waals surface area contributed by atoms with Gasteiger partial charge in [0.25, 0.3) is 0 Å². The average Bonchev–Trinajstić information content (AvgIpc) is 2.83. The summed E-state index contributed by atoms with van der Waals surface area (Å²) in [5.74, 6) is 0.639. The Balaban J connectivity index is 2.18. The van der Waals surface area contributed by atoms with Crippen molar-refractivity contribution in [1.29, 1.82) is 0 Å². The Labute approximate surface area is 105 Å². The fourth-order valence-electron chi connectivity index (χ4n) is 1.68. The molecule has 0 fully saturated rings. The van der Waals surface area contributed by atoms with Crippen molar-refractivity contribution in [2.75, 3.05) is 0 Å². The van der Waals surface area contributed by atoms with Crippen molar-refractivity contribution in [3.05, 3.63) is 28.9 Å². The van der Waals surface area contributed by atoms with Crippen molar-refractivity contribution < 1.29 is 12.9 Å². The molecule has 0 spiro atoms. The lowest BCUT2D eigenvalue weighted by Crippen LogP contribution is -2.24. The summed E-state index contributed by atoms with van der Waals surface area (Å²) >= 11 is 0. The van der Waals surface area contributed by atoms with Gasteiger partial charge in [-0.1, -0.05) is 5.16 Å². The third-order valence-electron chi connectivity index (χ3n) is 2.45. The molecule has 2 heterocycles. The standard InChI is InChI=1S/C10H14N4O3S/c1-6-4-9(14-17-6)5-11-18(15,16)10-7(2)12-13-8(10)3/h4,11H,5H2,1-3H3,(H,12,13). The number of sulfonamides is 1. The smallest absolute Gasteiger partial charge is 0.244 e. The van der Waals surface area contributed by atoms with E-state index >= 15 is 0 Å². The van der Waals surface area contributed by atoms with Crippen molar-refractivity contribution in [2.45, 2.75) is 32.2 Å². The van der Waals surface area contributed by atoms with Crippen molar-refractivity contribution >= 4 is 10.0 Å². The summed E-state index contributed by atoms with van der Waals surface area (Å²) in [6, 6.07) is 1.68. The topological polar surface area (TPSA) is 101 Å². The molecule has 0 saturated carbocycles. The minimum Gasteiger partial charge on any atom is -0.361 e. The fourth-order valence-corrected chi connectivity index (χ4v) is 3.04. The highest BCUT2D eigenvalue weighted by molar-refractivity contribution is 7.89. The van der Waals surface area contributed by atoms with E-state index in [-0.39, 0.29) is 11.4 Å². The Bertz CT molecular complexity index is 637. The number of hydrogen-bond acceptors (Lipinski definition) is 5. The zero-order valence-corrected chi connectivity index (χ0v) is 11.1. The number of aromatic amines is 1. The molecule has 2 N–H and O–H groups in total. The van der Waals surface area contributed by atoms with Crippen LogP contribution in [0.15, 0.2) is 15.5 Å². The zero-order valence-electron chi connectivity index (χ0n) is 10.3. The van der Waals surface area contributed by atoms with E-state index in [2.05, 4.69) is 20.1 Å². The molecule has 2 aromatic rings. The molecular weight excluding hydrogens is 256 g/mol. The average molecular weight is 270 g/mol. The second-order valence-electron chi connectivity index (χ2n) is 4.02. The van der Waals surface area contributed by atoms with Crippen LogP contribution in [0.3, 0.4) is 0 Å². The molecular formula is C10H14N4O3S. The highest BCUT2D eigenvalue weighted by Gasteiger charge is 2.22. The molecule has 0 saturated heterocycles. The summed E-state index contributed by atoms with van der Waals surface area (Å²) in [7, 11) is -3.59. The molecule has 0 aliphatic rings. The monoisotopic (exact) mass is 270 g/mol. The Morgan fingerprint density at radius 2 is 2.11 bits per heavy atom. The lowest BCUT2D eigenvalue weighted by atomic mass is 10.4. The van der Waals surface area contributed by atoms with Crippen LogP contribution in [0.5, 0.6) is 0 Å². The number of nitrogens with zero attached hydrogens (tertiary/aromatic N) is 2. The van der Waals surface area contributed by atoms with Crippen LogP contribution in [0, 0.1) is 20.8 Å². The summed E-state index contributed by atoms with van der Waals surface area (Å²) in [6.07, 6.45) is 0. The molecule has 0 aromatic carbocycles. The fraction of sp³-hybridized carbons (Fsp3) is 0.400. The van der Waals surface area contributed by atoms with Crippen LogP contribution in [0.1, 0.15) is 22.8 Å². The summed E-state index contributed by atoms with van der Waals surface area (Å²) in [6.45, 7) is 5.13. The molecule has 2 rings (SSSR count). The number of rotatable bonds is 4. The summed E-state index contributed by atoms with van der Waals surface area (Å²) in [5.41, 5.74) is 1.49. The van der Waals surface area contributed by atoms with Crippen LogP contribution in [0.4, 0.5) is 0 Å². The highest BCUT2D eigenvalue weighted by atomic mass is 32.2. The number of nitrogens with one attached hydrogen (secondary N) is 2. The van der Waals surface area contributed by atoms with Gasteiger partial charge in [-0.05, 0) is 20.8 Å². The van der Waals surface area contributed by atoms with Crippen LogP contribution in [-0.2, 0) is 16.6 Å². The van der Waals surface area contributed by atoms with Gasteiger partial charge in [-0.2, -0.15) is 5.10 Å². The van der Waals surface area contributed by atoms with E-state index in [0.29, 0.717) is 22.8 Å². The van der Waals surface area contributed by atoms with E-state index < -0.39 is 10.0 Å². The molecule has 0 amide bonds. The molecule has 0 aliphatic carbocycles. The summed E-state index contributed by atoms with van der Waals surface area (Å²) in [5, 5.41) is 10.2. The number of hydrogen-bond donors (Lipinski definition) is 2. The van der Waals surface area contributed by atoms with Gasteiger partial charge in [0.15, 0.2) is 0 Å². The van der Waals surface area contributed by atoms with Gasteiger partial charge in [-0.15, -0.1) is 0 Å². The Kier molecular flexibility index (Phi) is 3.22. The molecule has 0 radical (unpaired) electrons. The van der Waals surface area contributed by atoms with Gasteiger partial charge in [0.05, 0.1) is 23.6 Å². The molecule has 2 aromatic heterocycles. The highest BCUT2D eigenvalue weighted by Crippen LogP contribution is 2.16. The minimum absolute atomic E-state index is 0.0870. The third kappa shape index (κ3) is 2.44. The van der Waals surface area contributed by atoms with Crippen LogP contribution in [0.25, 0.3) is 0 Å². The van der Waals surface area contributed by atoms with Crippen molar-refractivity contribution in [3.63, 3.8) is 0 Å². The van der Waals surface area contributed by atoms with Gasteiger partial charge in [-0.3, -0.25) is 5.10 Å². The maximum absolute atomic E-state index is 12.1. The van der Waals surface area contributed by atoms with Gasteiger partial charge in [0.2, 0.25) is 10.0 Å². The number of aryl methyl sites for hydroxylation is 3. The van der Waals surface area contributed by atoms with Gasteiger partial charge >= 0.3 is 0 Å². The molecule has 0 aliphatic heterocycles. The number of aromatic nitrogens is 3. The predicted octanol–water partition coefficient (Wildman–Crippen LogP) is 0.801. The lowest BCUT2D eigenvalue weighted by molar-refractivity contribution is 0.390. The normalized spacial score (nSPS) is 11.9. The van der Waals surface area contributed by atoms with Gasteiger partial charge in [0.1, 0.15) is 10.7 Å². The molecule has 0 unspecified atom stereocenters. The van der Waals surface area contributed by atoms with Gasteiger partial charge in [-0.25, -0.2) is 13.1 Å². The van der Waals surface area contributed by atoms with Crippen molar-refractivity contribution in [2.24, 2.45) is 0 Å². The maximum Gasteiger partial charge on any atom is 0.244 e. The van der Waals surface area contributed by atoms with Crippen molar-refractivity contribution in [1.82, 2.24) is 20.1 Å². The Morgan fingerprint density at radius 3 is 2.61 bits per heavy atom. The Hall–Kier alpha value is -1.67. The van der Waals surface area contributed by atoms with E-state index in [1.807, 2.05) is 0 Å². The van der Waals surface area contributed by atoms with E-state index in [0.717, 1.165) is 0 Å². The largest absolute Gasteiger partial charge is 0.361 e. The zero-order chi connectivity index (χ0) is 13.3. The molecule has 8 heteroatoms. The summed E-state index contributed by atoms with van der Waals surface area (Å²) in [4.78, 5) is 0.183. The first-order valence-corrected chi connectivity index (χ1v) is 6.82. The van der Waals surface area contributed by atoms with E-state index in [9.17, 15) is 8.42 Å². The predicted molar refractivity (Wildman–Crippen MR) is 63.3 cm³/mol. The van der Waals surface area contributed by atoms with Gasteiger partial charge in [0, 0.05) is 6.07 Å². The summed E-state index contributed by atoms with van der Waals surface area (Å²) < 4.78 is 31.5. The molecule has 98 valence electrons. The minimum atomic E-state index is -3.59. The second-order valence-corrected chi connectivity index (χ2v) is 5.72.